The average Bonchev–Trinajstić information content (AvgIpc) is 2.65. The van der Waals surface area contributed by atoms with E-state index in [0.717, 1.165) is 25.1 Å². The van der Waals surface area contributed by atoms with Crippen LogP contribution in [0.4, 0.5) is 0 Å². The quantitative estimate of drug-likeness (QED) is 0.791. The molecule has 1 aliphatic heterocycles. The number of nitrogens with zero attached hydrogens (tertiary/aromatic N) is 1. The van der Waals surface area contributed by atoms with Crippen LogP contribution in [0.25, 0.3) is 10.9 Å². The molecule has 84 valence electrons. The first-order chi connectivity index (χ1) is 7.79. The van der Waals surface area contributed by atoms with Crippen molar-refractivity contribution in [2.75, 3.05) is 7.11 Å². The molecule has 1 atom stereocenters. The predicted molar refractivity (Wildman–Crippen MR) is 64.8 cm³/mol. The lowest BCUT2D eigenvalue weighted by Gasteiger charge is -2.22. The number of hydrogen-bond donors (Lipinski definition) is 1. The van der Waals surface area contributed by atoms with Crippen molar-refractivity contribution in [3.8, 4) is 5.75 Å². The SMILES string of the molecule is COc1cccc2cc3n(c12)CCC(N)C3. The van der Waals surface area contributed by atoms with Crippen LogP contribution in [0.15, 0.2) is 24.3 Å². The Morgan fingerprint density at radius 2 is 2.31 bits per heavy atom. The third kappa shape index (κ3) is 1.32. The third-order valence-corrected chi connectivity index (χ3v) is 3.38. The zero-order valence-electron chi connectivity index (χ0n) is 9.44. The van der Waals surface area contributed by atoms with Gasteiger partial charge >= 0.3 is 0 Å². The minimum absolute atomic E-state index is 0.308. The van der Waals surface area contributed by atoms with E-state index in [1.54, 1.807) is 7.11 Å². The van der Waals surface area contributed by atoms with Gasteiger partial charge < -0.3 is 15.0 Å². The fraction of sp³-hybridized carbons (Fsp3) is 0.385. The molecule has 0 amide bonds. The molecule has 16 heavy (non-hydrogen) atoms. The molecule has 0 saturated carbocycles. The molecular formula is C13H16N2O. The number of fused-ring (bicyclic) bond motifs is 3. The second kappa shape index (κ2) is 3.52. The van der Waals surface area contributed by atoms with E-state index >= 15 is 0 Å². The summed E-state index contributed by atoms with van der Waals surface area (Å²) in [5.74, 6) is 0.958. The smallest absolute Gasteiger partial charge is 0.143 e. The average molecular weight is 216 g/mol. The topological polar surface area (TPSA) is 40.2 Å². The lowest BCUT2D eigenvalue weighted by atomic mass is 10.1. The number of rotatable bonds is 1. The van der Waals surface area contributed by atoms with Gasteiger partial charge in [0.1, 0.15) is 5.75 Å². The molecule has 2 aromatic rings. The maximum atomic E-state index is 6.00. The largest absolute Gasteiger partial charge is 0.495 e. The first-order valence-corrected chi connectivity index (χ1v) is 5.70. The number of methoxy groups -OCH3 is 1. The molecule has 0 saturated heterocycles. The van der Waals surface area contributed by atoms with Crippen LogP contribution in [0.2, 0.25) is 0 Å². The predicted octanol–water partition coefficient (Wildman–Crippen LogP) is 1.92. The van der Waals surface area contributed by atoms with E-state index in [-0.39, 0.29) is 0 Å². The highest BCUT2D eigenvalue weighted by molar-refractivity contribution is 5.87. The molecule has 0 radical (unpaired) electrons. The third-order valence-electron chi connectivity index (χ3n) is 3.38. The fourth-order valence-corrected chi connectivity index (χ4v) is 2.60. The van der Waals surface area contributed by atoms with Crippen molar-refractivity contribution in [2.24, 2.45) is 5.73 Å². The minimum Gasteiger partial charge on any atom is -0.495 e. The van der Waals surface area contributed by atoms with Crippen molar-refractivity contribution in [2.45, 2.75) is 25.4 Å². The van der Waals surface area contributed by atoms with Gasteiger partial charge in [-0.25, -0.2) is 0 Å². The molecule has 0 fully saturated rings. The summed E-state index contributed by atoms with van der Waals surface area (Å²) in [6, 6.07) is 8.73. The number of para-hydroxylation sites is 1. The van der Waals surface area contributed by atoms with Gasteiger partial charge in [-0.2, -0.15) is 0 Å². The number of hydrogen-bond acceptors (Lipinski definition) is 2. The van der Waals surface area contributed by atoms with Gasteiger partial charge in [0.05, 0.1) is 12.6 Å². The summed E-state index contributed by atoms with van der Waals surface area (Å²) in [6.45, 7) is 1.00. The standard InChI is InChI=1S/C13H16N2O/c1-16-12-4-2-3-9-7-11-8-10(14)5-6-15(11)13(9)12/h2-4,7,10H,5-6,8,14H2,1H3. The Morgan fingerprint density at radius 1 is 1.44 bits per heavy atom. The van der Waals surface area contributed by atoms with Gasteiger partial charge in [0, 0.05) is 30.1 Å². The summed E-state index contributed by atoms with van der Waals surface area (Å²) in [5.41, 5.74) is 8.54. The number of nitrogens with two attached hydrogens (primary N) is 1. The minimum atomic E-state index is 0.308. The molecule has 2 N–H and O–H groups in total. The van der Waals surface area contributed by atoms with Gasteiger partial charge in [-0.05, 0) is 18.6 Å². The molecule has 2 heterocycles. The van der Waals surface area contributed by atoms with Crippen LogP contribution in [-0.2, 0) is 13.0 Å². The van der Waals surface area contributed by atoms with Gasteiger partial charge in [-0.15, -0.1) is 0 Å². The number of aryl methyl sites for hydroxylation is 1. The highest BCUT2D eigenvalue weighted by atomic mass is 16.5. The molecule has 1 aliphatic rings. The molecule has 1 aromatic carbocycles. The number of benzene rings is 1. The van der Waals surface area contributed by atoms with Crippen molar-refractivity contribution >= 4 is 10.9 Å². The van der Waals surface area contributed by atoms with Gasteiger partial charge in [0.15, 0.2) is 0 Å². The second-order valence-corrected chi connectivity index (χ2v) is 4.44. The van der Waals surface area contributed by atoms with E-state index in [1.165, 1.54) is 16.6 Å². The summed E-state index contributed by atoms with van der Waals surface area (Å²) >= 11 is 0. The maximum absolute atomic E-state index is 6.00. The molecule has 0 bridgehead atoms. The van der Waals surface area contributed by atoms with Gasteiger partial charge in [0.25, 0.3) is 0 Å². The first-order valence-electron chi connectivity index (χ1n) is 5.70. The van der Waals surface area contributed by atoms with E-state index in [4.69, 9.17) is 10.5 Å². The highest BCUT2D eigenvalue weighted by Crippen LogP contribution is 2.31. The molecule has 1 unspecified atom stereocenters. The van der Waals surface area contributed by atoms with Crippen LogP contribution in [0.1, 0.15) is 12.1 Å². The van der Waals surface area contributed by atoms with E-state index in [2.05, 4.69) is 16.7 Å². The van der Waals surface area contributed by atoms with Gasteiger partial charge in [0.2, 0.25) is 0 Å². The second-order valence-electron chi connectivity index (χ2n) is 4.44. The molecule has 3 nitrogen and oxygen atoms in total. The van der Waals surface area contributed by atoms with E-state index in [0.29, 0.717) is 6.04 Å². The molecule has 3 rings (SSSR count). The lowest BCUT2D eigenvalue weighted by molar-refractivity contribution is 0.413. The lowest BCUT2D eigenvalue weighted by Crippen LogP contribution is -2.30. The zero-order chi connectivity index (χ0) is 11.1. The van der Waals surface area contributed by atoms with Crippen molar-refractivity contribution < 1.29 is 4.74 Å². The summed E-state index contributed by atoms with van der Waals surface area (Å²) in [5, 5.41) is 1.25. The van der Waals surface area contributed by atoms with E-state index in [9.17, 15) is 0 Å². The van der Waals surface area contributed by atoms with E-state index < -0.39 is 0 Å². The first kappa shape index (κ1) is 9.73. The van der Waals surface area contributed by atoms with Crippen LogP contribution >= 0.6 is 0 Å². The van der Waals surface area contributed by atoms with Gasteiger partial charge in [-0.1, -0.05) is 12.1 Å². The molecule has 0 aliphatic carbocycles. The zero-order valence-corrected chi connectivity index (χ0v) is 9.44. The van der Waals surface area contributed by atoms with Crippen LogP contribution < -0.4 is 10.5 Å². The normalized spacial score (nSPS) is 19.8. The molecule has 1 aromatic heterocycles. The Labute approximate surface area is 94.8 Å². The highest BCUT2D eigenvalue weighted by Gasteiger charge is 2.19. The van der Waals surface area contributed by atoms with Crippen molar-refractivity contribution in [3.05, 3.63) is 30.0 Å². The Bertz CT molecular complexity index is 530. The summed E-state index contributed by atoms with van der Waals surface area (Å²) < 4.78 is 7.77. The summed E-state index contributed by atoms with van der Waals surface area (Å²) in [4.78, 5) is 0. The molecule has 3 heteroatoms. The Balaban J connectivity index is 2.26. The van der Waals surface area contributed by atoms with Crippen LogP contribution in [0, 0.1) is 0 Å². The Hall–Kier alpha value is -1.48. The maximum Gasteiger partial charge on any atom is 0.143 e. The van der Waals surface area contributed by atoms with Crippen LogP contribution in [-0.4, -0.2) is 17.7 Å². The summed E-state index contributed by atoms with van der Waals surface area (Å²) in [6.07, 6.45) is 2.02. The monoisotopic (exact) mass is 216 g/mol. The number of ether oxygens (including phenoxy) is 1. The van der Waals surface area contributed by atoms with E-state index in [1.807, 2.05) is 12.1 Å². The summed E-state index contributed by atoms with van der Waals surface area (Å²) in [7, 11) is 1.73. The Morgan fingerprint density at radius 3 is 3.12 bits per heavy atom. The van der Waals surface area contributed by atoms with Crippen molar-refractivity contribution in [1.29, 1.82) is 0 Å². The molecular weight excluding hydrogens is 200 g/mol. The van der Waals surface area contributed by atoms with Crippen LogP contribution in [0.5, 0.6) is 5.75 Å². The molecule has 0 spiro atoms. The van der Waals surface area contributed by atoms with Gasteiger partial charge in [-0.3, -0.25) is 0 Å². The van der Waals surface area contributed by atoms with Crippen molar-refractivity contribution in [1.82, 2.24) is 4.57 Å². The number of aromatic nitrogens is 1. The van der Waals surface area contributed by atoms with Crippen LogP contribution in [0.3, 0.4) is 0 Å². The van der Waals surface area contributed by atoms with Crippen molar-refractivity contribution in [3.63, 3.8) is 0 Å². The Kier molecular flexibility index (Phi) is 2.14. The fourth-order valence-electron chi connectivity index (χ4n) is 2.60.